The van der Waals surface area contributed by atoms with E-state index >= 15 is 0 Å². The molecule has 0 unspecified atom stereocenters. The summed E-state index contributed by atoms with van der Waals surface area (Å²) in [5, 5.41) is 4.64. The van der Waals surface area contributed by atoms with Crippen LogP contribution in [0.1, 0.15) is 12.8 Å². The number of aromatic nitrogens is 3. The van der Waals surface area contributed by atoms with Crippen molar-refractivity contribution in [2.24, 2.45) is 5.10 Å². The van der Waals surface area contributed by atoms with Gasteiger partial charge in [0.05, 0.1) is 11.7 Å². The van der Waals surface area contributed by atoms with Crippen molar-refractivity contribution in [1.29, 1.82) is 0 Å². The van der Waals surface area contributed by atoms with Gasteiger partial charge in [-0.15, -0.1) is 0 Å². The molecule has 4 nitrogen and oxygen atoms in total. The van der Waals surface area contributed by atoms with E-state index in [2.05, 4.69) is 15.1 Å². The van der Waals surface area contributed by atoms with E-state index in [1.807, 2.05) is 22.5 Å². The van der Waals surface area contributed by atoms with Crippen LogP contribution in [0.5, 0.6) is 0 Å². The van der Waals surface area contributed by atoms with Crippen LogP contribution in [0.2, 0.25) is 0 Å². The molecule has 0 atom stereocenters. The fourth-order valence-corrected chi connectivity index (χ4v) is 2.75. The molecule has 3 rings (SSSR count). The van der Waals surface area contributed by atoms with E-state index in [0.717, 1.165) is 23.9 Å². The topological polar surface area (TPSA) is 43.1 Å². The van der Waals surface area contributed by atoms with Crippen LogP contribution >= 0.6 is 11.8 Å². The van der Waals surface area contributed by atoms with Gasteiger partial charge in [-0.2, -0.15) is 16.9 Å². The number of fused-ring (bicyclic) bond motifs is 1. The van der Waals surface area contributed by atoms with Gasteiger partial charge in [-0.05, 0) is 30.4 Å². The van der Waals surface area contributed by atoms with Crippen molar-refractivity contribution in [3.63, 3.8) is 0 Å². The van der Waals surface area contributed by atoms with Gasteiger partial charge in [0.25, 0.3) is 0 Å². The molecule has 0 aromatic carbocycles. The van der Waals surface area contributed by atoms with Crippen molar-refractivity contribution in [2.45, 2.75) is 12.8 Å². The molecule has 1 aliphatic heterocycles. The van der Waals surface area contributed by atoms with Crippen LogP contribution in [0.15, 0.2) is 29.9 Å². The monoisotopic (exact) mass is 232 g/mol. The van der Waals surface area contributed by atoms with E-state index in [0.29, 0.717) is 0 Å². The van der Waals surface area contributed by atoms with E-state index in [1.54, 1.807) is 18.7 Å². The van der Waals surface area contributed by atoms with E-state index in [4.69, 9.17) is 0 Å². The fraction of sp³-hybridized carbons (Fsp3) is 0.364. The van der Waals surface area contributed by atoms with Crippen molar-refractivity contribution in [3.05, 3.63) is 24.8 Å². The van der Waals surface area contributed by atoms with E-state index in [1.165, 1.54) is 17.2 Å². The zero-order chi connectivity index (χ0) is 10.8. The lowest BCUT2D eigenvalue weighted by Crippen LogP contribution is -2.10. The molecule has 1 aliphatic rings. The van der Waals surface area contributed by atoms with Crippen LogP contribution in [-0.4, -0.2) is 31.9 Å². The zero-order valence-electron chi connectivity index (χ0n) is 8.83. The van der Waals surface area contributed by atoms with Gasteiger partial charge in [-0.1, -0.05) is 0 Å². The molecule has 2 aromatic rings. The molecule has 1 fully saturated rings. The van der Waals surface area contributed by atoms with E-state index < -0.39 is 0 Å². The Labute approximate surface area is 97.8 Å². The Morgan fingerprint density at radius 1 is 1.31 bits per heavy atom. The van der Waals surface area contributed by atoms with Crippen LogP contribution in [0, 0.1) is 0 Å². The van der Waals surface area contributed by atoms with Crippen LogP contribution < -0.4 is 0 Å². The van der Waals surface area contributed by atoms with Gasteiger partial charge in [0.15, 0.2) is 0 Å². The highest BCUT2D eigenvalue weighted by atomic mass is 32.2. The maximum atomic E-state index is 4.64. The summed E-state index contributed by atoms with van der Waals surface area (Å²) < 4.78 is 1.86. The smallest absolute Gasteiger partial charge is 0.118 e. The first kappa shape index (κ1) is 9.84. The van der Waals surface area contributed by atoms with Gasteiger partial charge in [0.2, 0.25) is 0 Å². The van der Waals surface area contributed by atoms with Gasteiger partial charge in [-0.25, -0.2) is 9.66 Å². The van der Waals surface area contributed by atoms with Crippen LogP contribution in [0.4, 0.5) is 0 Å². The maximum Gasteiger partial charge on any atom is 0.118 e. The third-order valence-corrected chi connectivity index (χ3v) is 3.64. The molecule has 1 saturated heterocycles. The summed E-state index contributed by atoms with van der Waals surface area (Å²) in [6.45, 7) is 0. The number of imidazole rings is 1. The molecule has 0 saturated carbocycles. The number of hydrogen-bond donors (Lipinski definition) is 0. The predicted molar refractivity (Wildman–Crippen MR) is 66.9 cm³/mol. The number of hydrogen-bond acceptors (Lipinski definition) is 4. The molecule has 0 amide bonds. The van der Waals surface area contributed by atoms with Crippen LogP contribution in [0.25, 0.3) is 11.0 Å². The Bertz CT molecular complexity index is 524. The third-order valence-electron chi connectivity index (χ3n) is 2.65. The second-order valence-corrected chi connectivity index (χ2v) is 4.96. The minimum Gasteiger partial charge on any atom is -0.262 e. The summed E-state index contributed by atoms with van der Waals surface area (Å²) in [6, 6.07) is 1.95. The largest absolute Gasteiger partial charge is 0.262 e. The quantitative estimate of drug-likeness (QED) is 0.756. The van der Waals surface area contributed by atoms with Crippen LogP contribution in [0.3, 0.4) is 0 Å². The Kier molecular flexibility index (Phi) is 2.61. The lowest BCUT2D eigenvalue weighted by atomic mass is 10.2. The first-order valence-electron chi connectivity index (χ1n) is 5.35. The summed E-state index contributed by atoms with van der Waals surface area (Å²) in [5.41, 5.74) is 3.20. The average molecular weight is 232 g/mol. The molecule has 2 aromatic heterocycles. The lowest BCUT2D eigenvalue weighted by molar-refractivity contribution is 0.885. The molecule has 16 heavy (non-hydrogen) atoms. The van der Waals surface area contributed by atoms with Crippen molar-refractivity contribution in [3.8, 4) is 0 Å². The lowest BCUT2D eigenvalue weighted by Gasteiger charge is -2.11. The number of rotatable bonds is 1. The van der Waals surface area contributed by atoms with Gasteiger partial charge in [0.1, 0.15) is 11.8 Å². The Morgan fingerprint density at radius 3 is 3.06 bits per heavy atom. The van der Waals surface area contributed by atoms with Gasteiger partial charge in [-0.3, -0.25) is 4.98 Å². The fourth-order valence-electron chi connectivity index (χ4n) is 1.79. The Morgan fingerprint density at radius 2 is 2.19 bits per heavy atom. The van der Waals surface area contributed by atoms with Gasteiger partial charge < -0.3 is 0 Å². The molecule has 0 spiro atoms. The molecule has 3 heterocycles. The van der Waals surface area contributed by atoms with E-state index in [9.17, 15) is 0 Å². The molecule has 5 heteroatoms. The highest BCUT2D eigenvalue weighted by Gasteiger charge is 2.08. The molecular weight excluding hydrogens is 220 g/mol. The van der Waals surface area contributed by atoms with Crippen molar-refractivity contribution < 1.29 is 0 Å². The third kappa shape index (κ3) is 1.82. The average Bonchev–Trinajstić information content (AvgIpc) is 2.74. The van der Waals surface area contributed by atoms with Crippen LogP contribution in [-0.2, 0) is 0 Å². The molecule has 82 valence electrons. The number of thioether (sulfide) groups is 1. The summed E-state index contributed by atoms with van der Waals surface area (Å²) >= 11 is 2.00. The van der Waals surface area contributed by atoms with Crippen molar-refractivity contribution in [1.82, 2.24) is 14.6 Å². The highest BCUT2D eigenvalue weighted by Crippen LogP contribution is 2.16. The summed E-state index contributed by atoms with van der Waals surface area (Å²) in [7, 11) is 0. The van der Waals surface area contributed by atoms with E-state index in [-0.39, 0.29) is 0 Å². The van der Waals surface area contributed by atoms with Crippen molar-refractivity contribution >= 4 is 28.5 Å². The standard InChI is InChI=1S/C11H12N4S/c1-4-12-7-10-11(1)15(8-13-10)14-9-2-5-16-6-3-9/h1,4,7-8H,2-3,5-6H2. The number of nitrogens with zero attached hydrogens (tertiary/aromatic N) is 4. The normalized spacial score (nSPS) is 16.6. The summed E-state index contributed by atoms with van der Waals surface area (Å²) in [5.74, 6) is 2.38. The van der Waals surface area contributed by atoms with Gasteiger partial charge >= 0.3 is 0 Å². The zero-order valence-corrected chi connectivity index (χ0v) is 9.65. The summed E-state index contributed by atoms with van der Waals surface area (Å²) in [6.07, 6.45) is 7.49. The minimum atomic E-state index is 0.900. The minimum absolute atomic E-state index is 0.900. The molecule has 0 N–H and O–H groups in total. The second kappa shape index (κ2) is 4.25. The molecular formula is C11H12N4S. The molecule has 0 aliphatic carbocycles. The maximum absolute atomic E-state index is 4.64. The van der Waals surface area contributed by atoms with Crippen molar-refractivity contribution in [2.75, 3.05) is 11.5 Å². The first-order chi connectivity index (χ1) is 7.93. The predicted octanol–water partition coefficient (Wildman–Crippen LogP) is 2.16. The Hall–Kier alpha value is -1.36. The Balaban J connectivity index is 1.99. The SMILES string of the molecule is c1cc2c(cn1)ncn2N=C1CCSCC1. The first-order valence-corrected chi connectivity index (χ1v) is 6.50. The summed E-state index contributed by atoms with van der Waals surface area (Å²) in [4.78, 5) is 8.32. The molecule has 0 bridgehead atoms. The van der Waals surface area contributed by atoms with Gasteiger partial charge in [0, 0.05) is 11.9 Å². The molecule has 0 radical (unpaired) electrons. The second-order valence-electron chi connectivity index (χ2n) is 3.73. The number of pyridine rings is 1. The highest BCUT2D eigenvalue weighted by molar-refractivity contribution is 7.99.